The molecule has 0 saturated heterocycles. The average Bonchev–Trinajstić information content (AvgIpc) is 2.70. The minimum atomic E-state index is -0.857. The molecule has 0 aromatic heterocycles. The van der Waals surface area contributed by atoms with Crippen LogP contribution in [-0.2, 0) is 19.2 Å². The predicted octanol–water partition coefficient (Wildman–Crippen LogP) is 1.78. The standard InChI is InChI=1S/C6H15N.C5H10N2O3.C3H7NO2.C2H3NO.CH2Cl2/c1-4-7(5-2)6-3;1-6-4-10-7-3-2-5(8)9;4-2-1-3(5)6;1-3-2-4;2-1-3/h4-6H2,1-3H3;4,7H,2-3H2,1H3,(H,8,9);1-2,4H2,(H,5,6);1H3;1H2. The molecular weight excluding hydrogens is 441 g/mol. The first-order valence-corrected chi connectivity index (χ1v) is 10.0. The van der Waals surface area contributed by atoms with Crippen molar-refractivity contribution in [3.63, 3.8) is 0 Å². The number of hydrogen-bond acceptors (Lipinski definition) is 9. The van der Waals surface area contributed by atoms with Gasteiger partial charge in [-0.1, -0.05) is 20.8 Å². The predicted molar refractivity (Wildman–Crippen MR) is 121 cm³/mol. The summed E-state index contributed by atoms with van der Waals surface area (Å²) in [5, 5.41) is 16.2. The van der Waals surface area contributed by atoms with E-state index in [4.69, 9.17) is 43.9 Å². The first kappa shape index (κ1) is 38.8. The number of hydroxylamine groups is 1. The third kappa shape index (κ3) is 72.0. The summed E-state index contributed by atoms with van der Waals surface area (Å²) < 4.78 is 0. The summed E-state index contributed by atoms with van der Waals surface area (Å²) in [6, 6.07) is 0. The number of carbonyl (C=O) groups is 2. The van der Waals surface area contributed by atoms with E-state index in [-0.39, 0.29) is 31.3 Å². The van der Waals surface area contributed by atoms with Gasteiger partial charge in [-0.05, 0) is 19.6 Å². The maximum Gasteiger partial charge on any atom is 0.304 e. The summed E-state index contributed by atoms with van der Waals surface area (Å²) in [4.78, 5) is 41.6. The highest BCUT2D eigenvalue weighted by molar-refractivity contribution is 6.40. The molecule has 0 heterocycles. The molecule has 0 aliphatic rings. The summed E-state index contributed by atoms with van der Waals surface area (Å²) >= 11 is 9.53. The van der Waals surface area contributed by atoms with Crippen LogP contribution in [0.15, 0.2) is 9.98 Å². The molecule has 30 heavy (non-hydrogen) atoms. The van der Waals surface area contributed by atoms with Crippen LogP contribution in [0.2, 0.25) is 0 Å². The van der Waals surface area contributed by atoms with Crippen molar-refractivity contribution in [2.45, 2.75) is 33.6 Å². The number of nitrogens with one attached hydrogen (secondary N) is 1. The Morgan fingerprint density at radius 2 is 1.50 bits per heavy atom. The van der Waals surface area contributed by atoms with Gasteiger partial charge in [-0.3, -0.25) is 14.6 Å². The lowest BCUT2D eigenvalue weighted by atomic mass is 10.4. The van der Waals surface area contributed by atoms with Crippen molar-refractivity contribution < 1.29 is 29.4 Å². The third-order valence-corrected chi connectivity index (χ3v) is 2.47. The maximum absolute atomic E-state index is 9.90. The third-order valence-electron chi connectivity index (χ3n) is 2.47. The molecule has 13 heteroatoms. The number of halogens is 2. The largest absolute Gasteiger partial charge is 0.481 e. The van der Waals surface area contributed by atoms with E-state index in [1.54, 1.807) is 7.05 Å². The normalized spacial score (nSPS) is 8.57. The maximum atomic E-state index is 9.90. The number of alkyl halides is 2. The van der Waals surface area contributed by atoms with Crippen LogP contribution in [0.4, 0.5) is 0 Å². The second kappa shape index (κ2) is 41.6. The molecule has 0 atom stereocenters. The smallest absolute Gasteiger partial charge is 0.304 e. The molecular formula is C17H37Cl2N5O6. The Morgan fingerprint density at radius 3 is 1.67 bits per heavy atom. The SMILES string of the molecule is CCN(CC)CC.CN=C=O.CN=CONCCC(=O)O.ClCCl.NCCC(=O)O. The Kier molecular flexibility index (Phi) is 53.8. The molecule has 180 valence electrons. The number of aliphatic carboxylic acids is 2. The average molecular weight is 478 g/mol. The van der Waals surface area contributed by atoms with Crippen LogP contribution in [0, 0.1) is 0 Å². The lowest BCUT2D eigenvalue weighted by Gasteiger charge is -2.13. The van der Waals surface area contributed by atoms with Crippen molar-refractivity contribution in [2.24, 2.45) is 15.7 Å². The minimum Gasteiger partial charge on any atom is -0.481 e. The number of isocyanates is 1. The minimum absolute atomic E-state index is 0.0392. The molecule has 0 rings (SSSR count). The van der Waals surface area contributed by atoms with Gasteiger partial charge in [0.15, 0.2) is 6.40 Å². The van der Waals surface area contributed by atoms with Crippen LogP contribution in [0.3, 0.4) is 0 Å². The molecule has 0 spiro atoms. The van der Waals surface area contributed by atoms with Gasteiger partial charge in [-0.2, -0.15) is 5.48 Å². The quantitative estimate of drug-likeness (QED) is 0.0914. The van der Waals surface area contributed by atoms with Crippen LogP contribution in [0.25, 0.3) is 0 Å². The van der Waals surface area contributed by atoms with Crippen LogP contribution >= 0.6 is 23.2 Å². The van der Waals surface area contributed by atoms with Crippen LogP contribution < -0.4 is 11.2 Å². The highest BCUT2D eigenvalue weighted by Gasteiger charge is 1.93. The number of aliphatic imine (C=N–C) groups is 2. The Bertz CT molecular complexity index is 416. The fourth-order valence-electron chi connectivity index (χ4n) is 1.10. The number of carbonyl (C=O) groups excluding carboxylic acids is 1. The fourth-order valence-corrected chi connectivity index (χ4v) is 1.10. The van der Waals surface area contributed by atoms with Crippen molar-refractivity contribution in [1.29, 1.82) is 0 Å². The van der Waals surface area contributed by atoms with Gasteiger partial charge < -0.3 is 25.7 Å². The van der Waals surface area contributed by atoms with E-state index >= 15 is 0 Å². The Morgan fingerprint density at radius 1 is 1.10 bits per heavy atom. The van der Waals surface area contributed by atoms with Gasteiger partial charge in [0.05, 0.1) is 18.2 Å². The van der Waals surface area contributed by atoms with Crippen molar-refractivity contribution in [3.05, 3.63) is 0 Å². The molecule has 11 nitrogen and oxygen atoms in total. The topological polar surface area (TPSA) is 167 Å². The lowest BCUT2D eigenvalue weighted by molar-refractivity contribution is -0.138. The molecule has 0 radical (unpaired) electrons. The molecule has 0 aromatic rings. The van der Waals surface area contributed by atoms with Crippen molar-refractivity contribution in [2.75, 3.05) is 52.2 Å². The van der Waals surface area contributed by atoms with Gasteiger partial charge in [0.2, 0.25) is 6.08 Å². The van der Waals surface area contributed by atoms with Gasteiger partial charge in [-0.25, -0.2) is 9.79 Å². The number of rotatable bonds is 10. The molecule has 0 aromatic carbocycles. The van der Waals surface area contributed by atoms with E-state index in [1.807, 2.05) is 0 Å². The number of nitrogens with two attached hydrogens (primary N) is 1. The Labute approximate surface area is 189 Å². The summed E-state index contributed by atoms with van der Waals surface area (Å²) in [7, 11) is 2.94. The van der Waals surface area contributed by atoms with Gasteiger partial charge in [0.1, 0.15) is 0 Å². The highest BCUT2D eigenvalue weighted by Crippen LogP contribution is 1.81. The van der Waals surface area contributed by atoms with Crippen LogP contribution in [0.1, 0.15) is 33.6 Å². The molecule has 0 unspecified atom stereocenters. The van der Waals surface area contributed by atoms with Crippen molar-refractivity contribution in [1.82, 2.24) is 10.4 Å². The lowest BCUT2D eigenvalue weighted by Crippen LogP contribution is -2.21. The zero-order chi connectivity index (χ0) is 24.6. The zero-order valence-electron chi connectivity index (χ0n) is 18.4. The van der Waals surface area contributed by atoms with Gasteiger partial charge in [0, 0.05) is 27.2 Å². The fraction of sp³-hybridized carbons (Fsp3) is 0.765. The number of nitrogens with zero attached hydrogens (tertiary/aromatic N) is 3. The van der Waals surface area contributed by atoms with Gasteiger partial charge in [-0.15, -0.1) is 23.2 Å². The monoisotopic (exact) mass is 477 g/mol. The molecule has 0 amide bonds. The summed E-state index contributed by atoms with van der Waals surface area (Å²) in [5.41, 5.74) is 7.24. The summed E-state index contributed by atoms with van der Waals surface area (Å²) in [6.07, 6.45) is 2.61. The second-order valence-corrected chi connectivity index (χ2v) is 5.30. The summed E-state index contributed by atoms with van der Waals surface area (Å²) in [5.74, 6) is -1.69. The molecule has 0 aliphatic heterocycles. The Hall–Kier alpha value is -1.75. The first-order valence-electron chi connectivity index (χ1n) is 8.95. The van der Waals surface area contributed by atoms with E-state index in [9.17, 15) is 9.59 Å². The van der Waals surface area contributed by atoms with Gasteiger partial charge in [0.25, 0.3) is 0 Å². The Balaban J connectivity index is -0.0000000924. The molecule has 0 fully saturated rings. The van der Waals surface area contributed by atoms with Crippen molar-refractivity contribution >= 4 is 47.6 Å². The molecule has 0 aliphatic carbocycles. The van der Waals surface area contributed by atoms with Crippen LogP contribution in [-0.4, -0.2) is 91.7 Å². The van der Waals surface area contributed by atoms with E-state index < -0.39 is 11.9 Å². The molecule has 5 N–H and O–H groups in total. The molecule has 0 saturated carbocycles. The number of carboxylic acids is 2. The van der Waals surface area contributed by atoms with Crippen LogP contribution in [0.5, 0.6) is 0 Å². The second-order valence-electron chi connectivity index (χ2n) is 4.49. The first-order chi connectivity index (χ1) is 14.2. The zero-order valence-corrected chi connectivity index (χ0v) is 19.9. The number of carboxylic acid groups (broad SMARTS) is 2. The summed E-state index contributed by atoms with van der Waals surface area (Å²) in [6.45, 7) is 10.6. The molecule has 0 bridgehead atoms. The highest BCUT2D eigenvalue weighted by atomic mass is 35.5. The number of hydrogen-bond donors (Lipinski definition) is 4. The van der Waals surface area contributed by atoms with E-state index in [1.165, 1.54) is 39.2 Å². The van der Waals surface area contributed by atoms with E-state index in [0.717, 1.165) is 0 Å². The van der Waals surface area contributed by atoms with Crippen molar-refractivity contribution in [3.8, 4) is 0 Å². The van der Waals surface area contributed by atoms with E-state index in [0.29, 0.717) is 0 Å². The van der Waals surface area contributed by atoms with Gasteiger partial charge >= 0.3 is 11.9 Å². The van der Waals surface area contributed by atoms with E-state index in [2.05, 4.69) is 46.0 Å².